The van der Waals surface area contributed by atoms with Gasteiger partial charge in [-0.1, -0.05) is 36.4 Å². The number of nitrogens with zero attached hydrogens (tertiary/aromatic N) is 1. The molecule has 1 fully saturated rings. The maximum Gasteiger partial charge on any atom is 0.251 e. The van der Waals surface area contributed by atoms with Gasteiger partial charge in [-0.25, -0.2) is 4.98 Å². The Morgan fingerprint density at radius 3 is 2.73 bits per heavy atom. The van der Waals surface area contributed by atoms with Gasteiger partial charge >= 0.3 is 0 Å². The molecule has 0 atom stereocenters. The molecule has 1 aliphatic rings. The molecule has 0 saturated heterocycles. The first-order valence-corrected chi connectivity index (χ1v) is 9.63. The number of hydrogen-bond donors (Lipinski definition) is 1. The van der Waals surface area contributed by atoms with E-state index >= 15 is 0 Å². The molecule has 0 radical (unpaired) electrons. The second-order valence-electron chi connectivity index (χ2n) is 6.63. The van der Waals surface area contributed by atoms with Crippen LogP contribution in [0.15, 0.2) is 65.5 Å². The molecule has 4 nitrogen and oxygen atoms in total. The zero-order chi connectivity index (χ0) is 17.8. The summed E-state index contributed by atoms with van der Waals surface area (Å²) in [5.41, 5.74) is 4.70. The molecule has 1 aromatic heterocycles. The lowest BCUT2D eigenvalue weighted by molar-refractivity contribution is 0.0949. The van der Waals surface area contributed by atoms with Gasteiger partial charge in [0.1, 0.15) is 12.4 Å². The molecular formula is C21H20N2O2S. The van der Waals surface area contributed by atoms with Gasteiger partial charge in [0.25, 0.3) is 5.91 Å². The zero-order valence-corrected chi connectivity index (χ0v) is 15.2. The van der Waals surface area contributed by atoms with Gasteiger partial charge in [0.15, 0.2) is 0 Å². The van der Waals surface area contributed by atoms with Crippen molar-refractivity contribution >= 4 is 17.2 Å². The molecule has 3 aromatic rings. The molecule has 1 heterocycles. The minimum atomic E-state index is -0.0636. The number of thiazole rings is 1. The second kappa shape index (κ2) is 7.30. The lowest BCUT2D eigenvalue weighted by Gasteiger charge is -2.16. The molecule has 4 rings (SSSR count). The third-order valence-corrected chi connectivity index (χ3v) is 5.43. The fourth-order valence-electron chi connectivity index (χ4n) is 3.05. The fraction of sp³-hybridized carbons (Fsp3) is 0.238. The third kappa shape index (κ3) is 3.78. The summed E-state index contributed by atoms with van der Waals surface area (Å²) in [6.45, 7) is 1.07. The van der Waals surface area contributed by atoms with Crippen molar-refractivity contribution in [2.24, 2.45) is 0 Å². The maximum atomic E-state index is 12.6. The quantitative estimate of drug-likeness (QED) is 0.684. The highest BCUT2D eigenvalue weighted by atomic mass is 32.1. The van der Waals surface area contributed by atoms with E-state index in [1.807, 2.05) is 29.6 Å². The summed E-state index contributed by atoms with van der Waals surface area (Å²) < 4.78 is 5.73. The third-order valence-electron chi connectivity index (χ3n) is 4.79. The Bertz CT molecular complexity index is 874. The van der Waals surface area contributed by atoms with Gasteiger partial charge in [-0.15, -0.1) is 11.3 Å². The van der Waals surface area contributed by atoms with Crippen LogP contribution < -0.4 is 10.1 Å². The van der Waals surface area contributed by atoms with Crippen LogP contribution in [-0.4, -0.2) is 17.4 Å². The van der Waals surface area contributed by atoms with E-state index in [1.165, 1.54) is 5.56 Å². The summed E-state index contributed by atoms with van der Waals surface area (Å²) >= 11 is 1.54. The molecule has 0 bridgehead atoms. The van der Waals surface area contributed by atoms with Crippen LogP contribution in [-0.2, 0) is 12.0 Å². The molecule has 2 aromatic carbocycles. The van der Waals surface area contributed by atoms with E-state index in [4.69, 9.17) is 4.74 Å². The van der Waals surface area contributed by atoms with E-state index in [2.05, 4.69) is 34.6 Å². The first-order chi connectivity index (χ1) is 12.8. The van der Waals surface area contributed by atoms with Crippen molar-refractivity contribution < 1.29 is 9.53 Å². The van der Waals surface area contributed by atoms with Crippen LogP contribution in [0.4, 0.5) is 0 Å². The number of carbonyl (C=O) groups excluding carboxylic acids is 1. The lowest BCUT2D eigenvalue weighted by atomic mass is 9.96. The summed E-state index contributed by atoms with van der Waals surface area (Å²) in [6, 6.07) is 17.7. The van der Waals surface area contributed by atoms with Crippen LogP contribution in [0.1, 0.15) is 34.5 Å². The summed E-state index contributed by atoms with van der Waals surface area (Å²) in [7, 11) is 0. The molecule has 1 amide bonds. The number of hydrogen-bond acceptors (Lipinski definition) is 4. The Labute approximate surface area is 156 Å². The van der Waals surface area contributed by atoms with Gasteiger partial charge in [0.05, 0.1) is 11.2 Å². The number of carbonyl (C=O) groups is 1. The van der Waals surface area contributed by atoms with Crippen LogP contribution in [0, 0.1) is 0 Å². The van der Waals surface area contributed by atoms with Crippen molar-refractivity contribution in [3.8, 4) is 5.75 Å². The van der Waals surface area contributed by atoms with Gasteiger partial charge in [-0.2, -0.15) is 0 Å². The van der Waals surface area contributed by atoms with Crippen molar-refractivity contribution in [2.75, 3.05) is 6.54 Å². The molecule has 0 unspecified atom stereocenters. The van der Waals surface area contributed by atoms with Gasteiger partial charge < -0.3 is 10.1 Å². The first-order valence-electron chi connectivity index (χ1n) is 8.69. The molecule has 1 aliphatic carbocycles. The van der Waals surface area contributed by atoms with Crippen LogP contribution in [0.2, 0.25) is 0 Å². The van der Waals surface area contributed by atoms with Gasteiger partial charge in [0.2, 0.25) is 0 Å². The number of amides is 1. The topological polar surface area (TPSA) is 51.2 Å². The smallest absolute Gasteiger partial charge is 0.251 e. The average Bonchev–Trinajstić information content (AvgIpc) is 3.31. The van der Waals surface area contributed by atoms with Crippen molar-refractivity contribution in [3.05, 3.63) is 82.3 Å². The minimum absolute atomic E-state index is 0.0636. The molecular weight excluding hydrogens is 344 g/mol. The monoisotopic (exact) mass is 364 g/mol. The molecule has 1 N–H and O–H groups in total. The Kier molecular flexibility index (Phi) is 4.71. The minimum Gasteiger partial charge on any atom is -0.487 e. The SMILES string of the molecule is O=C(NCC1(c2ccccc2)CC1)c1cccc(OCc2cscn2)c1. The maximum absolute atomic E-state index is 12.6. The fourth-order valence-corrected chi connectivity index (χ4v) is 3.60. The van der Waals surface area contributed by atoms with Crippen LogP contribution in [0.5, 0.6) is 5.75 Å². The number of aromatic nitrogens is 1. The molecule has 132 valence electrons. The predicted molar refractivity (Wildman–Crippen MR) is 103 cm³/mol. The van der Waals surface area contributed by atoms with Crippen molar-refractivity contribution in [2.45, 2.75) is 24.9 Å². The highest BCUT2D eigenvalue weighted by molar-refractivity contribution is 7.07. The molecule has 0 aliphatic heterocycles. The number of ether oxygens (including phenoxy) is 1. The highest BCUT2D eigenvalue weighted by Gasteiger charge is 2.44. The number of rotatable bonds is 7. The Balaban J connectivity index is 1.37. The van der Waals surface area contributed by atoms with E-state index in [0.29, 0.717) is 24.5 Å². The first kappa shape index (κ1) is 16.8. The highest BCUT2D eigenvalue weighted by Crippen LogP contribution is 2.47. The van der Waals surface area contributed by atoms with E-state index in [0.717, 1.165) is 18.5 Å². The van der Waals surface area contributed by atoms with E-state index in [1.54, 1.807) is 22.9 Å². The summed E-state index contributed by atoms with van der Waals surface area (Å²) in [5.74, 6) is 0.612. The van der Waals surface area contributed by atoms with Crippen molar-refractivity contribution in [1.82, 2.24) is 10.3 Å². The normalized spacial score (nSPS) is 14.6. The summed E-state index contributed by atoms with van der Waals surface area (Å²) in [6.07, 6.45) is 2.24. The number of nitrogens with one attached hydrogen (secondary N) is 1. The van der Waals surface area contributed by atoms with Gasteiger partial charge in [-0.05, 0) is 36.6 Å². The van der Waals surface area contributed by atoms with Crippen LogP contribution in [0.3, 0.4) is 0 Å². The largest absolute Gasteiger partial charge is 0.487 e. The Morgan fingerprint density at radius 2 is 2.00 bits per heavy atom. The van der Waals surface area contributed by atoms with E-state index in [-0.39, 0.29) is 11.3 Å². The molecule has 0 spiro atoms. The number of benzene rings is 2. The molecule has 5 heteroatoms. The van der Waals surface area contributed by atoms with Crippen LogP contribution in [0.25, 0.3) is 0 Å². The summed E-state index contributed by atoms with van der Waals surface area (Å²) in [4.78, 5) is 16.8. The van der Waals surface area contributed by atoms with Crippen molar-refractivity contribution in [3.63, 3.8) is 0 Å². The molecule has 26 heavy (non-hydrogen) atoms. The molecule has 1 saturated carbocycles. The average molecular weight is 364 g/mol. The lowest BCUT2D eigenvalue weighted by Crippen LogP contribution is -2.32. The van der Waals surface area contributed by atoms with E-state index < -0.39 is 0 Å². The van der Waals surface area contributed by atoms with Crippen LogP contribution >= 0.6 is 11.3 Å². The zero-order valence-electron chi connectivity index (χ0n) is 14.4. The van der Waals surface area contributed by atoms with Gasteiger partial charge in [0, 0.05) is 22.9 Å². The van der Waals surface area contributed by atoms with Gasteiger partial charge in [-0.3, -0.25) is 4.79 Å². The standard InChI is InChI=1S/C21H20N2O2S/c24-20(22-14-21(9-10-21)17-6-2-1-3-7-17)16-5-4-8-19(11-16)25-12-18-13-26-15-23-18/h1-8,11,13,15H,9-10,12,14H2,(H,22,24). The van der Waals surface area contributed by atoms with E-state index in [9.17, 15) is 4.79 Å². The predicted octanol–water partition coefficient (Wildman–Crippen LogP) is 4.18. The Morgan fingerprint density at radius 1 is 1.15 bits per heavy atom. The van der Waals surface area contributed by atoms with Crippen molar-refractivity contribution in [1.29, 1.82) is 0 Å². The summed E-state index contributed by atoms with van der Waals surface area (Å²) in [5, 5.41) is 5.05. The Hall–Kier alpha value is -2.66. The second-order valence-corrected chi connectivity index (χ2v) is 7.34.